The summed E-state index contributed by atoms with van der Waals surface area (Å²) in [6, 6.07) is 7.57. The Labute approximate surface area is 137 Å². The highest BCUT2D eigenvalue weighted by molar-refractivity contribution is 6.67. The molecular weight excluding hydrogens is 335 g/mol. The van der Waals surface area contributed by atoms with Crippen molar-refractivity contribution in [3.8, 4) is 5.75 Å². The van der Waals surface area contributed by atoms with Crippen molar-refractivity contribution < 1.29 is 4.74 Å². The van der Waals surface area contributed by atoms with E-state index in [2.05, 4.69) is 10.5 Å². The first kappa shape index (κ1) is 15.8. The van der Waals surface area contributed by atoms with Crippen LogP contribution in [-0.4, -0.2) is 22.0 Å². The zero-order chi connectivity index (χ0) is 15.5. The van der Waals surface area contributed by atoms with Gasteiger partial charge in [-0.2, -0.15) is 5.12 Å². The van der Waals surface area contributed by atoms with Crippen molar-refractivity contribution in [2.45, 2.75) is 3.92 Å². The molecule has 0 spiro atoms. The van der Waals surface area contributed by atoms with Gasteiger partial charge >= 0.3 is 3.92 Å². The van der Waals surface area contributed by atoms with Gasteiger partial charge in [0.1, 0.15) is 11.6 Å². The summed E-state index contributed by atoms with van der Waals surface area (Å²) in [6.45, 7) is 0. The number of hydrogen-bond donors (Lipinski definition) is 2. The normalized spacial score (nSPS) is 15.5. The zero-order valence-electron chi connectivity index (χ0n) is 11.1. The summed E-state index contributed by atoms with van der Waals surface area (Å²) in [5.74, 6) is 1.02. The predicted octanol–water partition coefficient (Wildman–Crippen LogP) is 3.01. The molecule has 112 valence electrons. The average Bonchev–Trinajstić information content (AvgIpc) is 2.44. The highest BCUT2D eigenvalue weighted by Gasteiger charge is 2.31. The van der Waals surface area contributed by atoms with Gasteiger partial charge in [-0.15, -0.1) is 5.10 Å². The number of benzene rings is 1. The topological polar surface area (TPSA) is 62.9 Å². The third kappa shape index (κ3) is 4.46. The van der Waals surface area contributed by atoms with Crippen molar-refractivity contribution in [3.63, 3.8) is 0 Å². The van der Waals surface area contributed by atoms with Crippen molar-refractivity contribution in [2.75, 3.05) is 7.11 Å². The molecule has 0 aliphatic carbocycles. The van der Waals surface area contributed by atoms with E-state index in [1.54, 1.807) is 19.3 Å². The molecule has 1 aromatic rings. The maximum absolute atomic E-state index is 5.76. The lowest BCUT2D eigenvalue weighted by Gasteiger charge is -2.30. The number of nitrogens with two attached hydrogens (primary N) is 1. The lowest BCUT2D eigenvalue weighted by molar-refractivity contribution is 0.221. The van der Waals surface area contributed by atoms with Gasteiger partial charge in [0.15, 0.2) is 0 Å². The van der Waals surface area contributed by atoms with Gasteiger partial charge in [-0.25, -0.2) is 0 Å². The van der Waals surface area contributed by atoms with Crippen LogP contribution in [0.3, 0.4) is 0 Å². The standard InChI is InChI=1S/C13H13Cl3N4O/c1-21-11-6-3-9(4-7-11)2-5-10-8-12(17)19-20(18-10)13(14,15)16/h2-8,18H,1H3,(H2,17,19). The van der Waals surface area contributed by atoms with E-state index in [4.69, 9.17) is 45.3 Å². The number of nitrogens with zero attached hydrogens (tertiary/aromatic N) is 2. The molecule has 21 heavy (non-hydrogen) atoms. The second kappa shape index (κ2) is 6.47. The van der Waals surface area contributed by atoms with E-state index < -0.39 is 3.92 Å². The molecule has 5 nitrogen and oxygen atoms in total. The number of rotatable bonds is 3. The minimum atomic E-state index is -1.74. The summed E-state index contributed by atoms with van der Waals surface area (Å²) < 4.78 is 3.36. The SMILES string of the molecule is COc1ccc(C=CC2=CC(N)=NN(C(Cl)(Cl)Cl)N2)cc1. The van der Waals surface area contributed by atoms with E-state index in [-0.39, 0.29) is 5.84 Å². The molecule has 0 saturated heterocycles. The molecule has 2 rings (SSSR count). The molecular formula is C13H13Cl3N4O. The molecule has 0 fully saturated rings. The Morgan fingerprint density at radius 2 is 1.90 bits per heavy atom. The second-order valence-corrected chi connectivity index (χ2v) is 6.34. The Kier molecular flexibility index (Phi) is 4.88. The molecule has 1 aliphatic rings. The monoisotopic (exact) mass is 346 g/mol. The van der Waals surface area contributed by atoms with Gasteiger partial charge < -0.3 is 10.5 Å². The van der Waals surface area contributed by atoms with Crippen LogP contribution < -0.4 is 15.9 Å². The molecule has 0 saturated carbocycles. The number of hydrazone groups is 1. The number of alkyl halides is 3. The van der Waals surface area contributed by atoms with E-state index in [0.717, 1.165) is 16.4 Å². The van der Waals surface area contributed by atoms with Crippen LogP contribution in [-0.2, 0) is 0 Å². The smallest absolute Gasteiger partial charge is 0.301 e. The van der Waals surface area contributed by atoms with Gasteiger partial charge in [0, 0.05) is 6.08 Å². The Morgan fingerprint density at radius 3 is 2.48 bits per heavy atom. The fourth-order valence-electron chi connectivity index (χ4n) is 1.59. The van der Waals surface area contributed by atoms with Crippen LogP contribution in [0.25, 0.3) is 6.08 Å². The summed E-state index contributed by atoms with van der Waals surface area (Å²) in [5, 5.41) is 4.93. The number of methoxy groups -OCH3 is 1. The fraction of sp³-hybridized carbons (Fsp3) is 0.154. The summed E-state index contributed by atoms with van der Waals surface area (Å²) in [6.07, 6.45) is 5.31. The molecule has 1 heterocycles. The molecule has 0 radical (unpaired) electrons. The molecule has 1 aliphatic heterocycles. The Bertz CT molecular complexity index is 590. The van der Waals surface area contributed by atoms with Gasteiger partial charge in [-0.3, -0.25) is 5.43 Å². The minimum Gasteiger partial charge on any atom is -0.497 e. The van der Waals surface area contributed by atoms with Crippen molar-refractivity contribution in [2.24, 2.45) is 10.8 Å². The van der Waals surface area contributed by atoms with Gasteiger partial charge in [0.05, 0.1) is 12.8 Å². The van der Waals surface area contributed by atoms with Crippen molar-refractivity contribution in [1.29, 1.82) is 0 Å². The number of nitrogens with one attached hydrogen (secondary N) is 1. The quantitative estimate of drug-likeness (QED) is 0.652. The molecule has 0 atom stereocenters. The Morgan fingerprint density at radius 1 is 1.24 bits per heavy atom. The number of ether oxygens (including phenoxy) is 1. The van der Waals surface area contributed by atoms with Crippen LogP contribution >= 0.6 is 34.8 Å². The van der Waals surface area contributed by atoms with E-state index in [9.17, 15) is 0 Å². The van der Waals surface area contributed by atoms with Gasteiger partial charge in [-0.05, 0) is 23.8 Å². The lowest BCUT2D eigenvalue weighted by atomic mass is 10.2. The van der Waals surface area contributed by atoms with E-state index >= 15 is 0 Å². The van der Waals surface area contributed by atoms with Gasteiger partial charge in [0.25, 0.3) is 0 Å². The Balaban J connectivity index is 2.11. The summed E-state index contributed by atoms with van der Waals surface area (Å²) in [7, 11) is 1.62. The Hall–Kier alpha value is -1.56. The van der Waals surface area contributed by atoms with Crippen LogP contribution in [0.2, 0.25) is 0 Å². The molecule has 0 aromatic heterocycles. The second-order valence-electron chi connectivity index (χ2n) is 4.12. The van der Waals surface area contributed by atoms with Crippen LogP contribution in [0.15, 0.2) is 47.2 Å². The number of hydrogen-bond acceptors (Lipinski definition) is 5. The van der Waals surface area contributed by atoms with Crippen molar-refractivity contribution in [1.82, 2.24) is 10.5 Å². The maximum Gasteiger partial charge on any atom is 0.301 e. The third-order valence-electron chi connectivity index (χ3n) is 2.57. The van der Waals surface area contributed by atoms with Crippen LogP contribution in [0.4, 0.5) is 0 Å². The number of halogens is 3. The first-order valence-electron chi connectivity index (χ1n) is 5.90. The van der Waals surface area contributed by atoms with E-state index in [1.807, 2.05) is 30.3 Å². The summed E-state index contributed by atoms with van der Waals surface area (Å²) in [5.41, 5.74) is 10.2. The molecule has 0 bridgehead atoms. The first-order valence-corrected chi connectivity index (χ1v) is 7.03. The number of hydrazine groups is 1. The molecule has 0 amide bonds. The van der Waals surface area contributed by atoms with Gasteiger partial charge in [0.2, 0.25) is 0 Å². The fourth-order valence-corrected chi connectivity index (χ4v) is 1.83. The zero-order valence-corrected chi connectivity index (χ0v) is 13.3. The molecule has 1 aromatic carbocycles. The van der Waals surface area contributed by atoms with Crippen molar-refractivity contribution >= 4 is 46.7 Å². The van der Waals surface area contributed by atoms with E-state index in [1.165, 1.54) is 0 Å². The summed E-state index contributed by atoms with van der Waals surface area (Å²) in [4.78, 5) is 0. The largest absolute Gasteiger partial charge is 0.497 e. The van der Waals surface area contributed by atoms with E-state index in [0.29, 0.717) is 5.70 Å². The molecule has 8 heteroatoms. The van der Waals surface area contributed by atoms with Crippen LogP contribution in [0, 0.1) is 0 Å². The summed E-state index contributed by atoms with van der Waals surface area (Å²) >= 11 is 17.3. The molecule has 3 N–H and O–H groups in total. The highest BCUT2D eigenvalue weighted by Crippen LogP contribution is 2.31. The number of amidine groups is 1. The maximum atomic E-state index is 5.76. The minimum absolute atomic E-state index is 0.231. The highest BCUT2D eigenvalue weighted by atomic mass is 35.6. The predicted molar refractivity (Wildman–Crippen MR) is 87.0 cm³/mol. The lowest BCUT2D eigenvalue weighted by Crippen LogP contribution is -2.45. The number of allylic oxidation sites excluding steroid dienone is 1. The third-order valence-corrected chi connectivity index (χ3v) is 3.05. The van der Waals surface area contributed by atoms with Crippen molar-refractivity contribution in [3.05, 3.63) is 47.7 Å². The first-order chi connectivity index (χ1) is 9.88. The van der Waals surface area contributed by atoms with Crippen LogP contribution in [0.5, 0.6) is 5.75 Å². The van der Waals surface area contributed by atoms with Crippen LogP contribution in [0.1, 0.15) is 5.56 Å². The average molecular weight is 348 g/mol. The van der Waals surface area contributed by atoms with Gasteiger partial charge in [-0.1, -0.05) is 53.0 Å². The molecule has 0 unspecified atom stereocenters.